The van der Waals surface area contributed by atoms with E-state index in [4.69, 9.17) is 9.84 Å². The van der Waals surface area contributed by atoms with Crippen LogP contribution in [0.15, 0.2) is 79.0 Å². The summed E-state index contributed by atoms with van der Waals surface area (Å²) in [5, 5.41) is 17.5. The van der Waals surface area contributed by atoms with Crippen molar-refractivity contribution in [3.05, 3.63) is 96.2 Å². The summed E-state index contributed by atoms with van der Waals surface area (Å²) in [7, 11) is 0. The van der Waals surface area contributed by atoms with Crippen molar-refractivity contribution in [3.63, 3.8) is 0 Å². The van der Waals surface area contributed by atoms with Gasteiger partial charge in [-0.2, -0.15) is 11.2 Å². The minimum absolute atomic E-state index is 0. The average Bonchev–Trinajstić information content (AvgIpc) is 3.23. The van der Waals surface area contributed by atoms with Crippen LogP contribution >= 0.6 is 0 Å². The Morgan fingerprint density at radius 2 is 1.58 bits per heavy atom. The number of hydrogen-bond donors (Lipinski definition) is 1. The second-order valence-corrected chi connectivity index (χ2v) is 11.4. The minimum Gasteiger partial charge on any atom is -0.507 e. The van der Waals surface area contributed by atoms with E-state index in [1.807, 2.05) is 59.3 Å². The van der Waals surface area contributed by atoms with Gasteiger partial charge in [-0.3, -0.25) is 4.68 Å². The van der Waals surface area contributed by atoms with E-state index in [0.717, 1.165) is 39.0 Å². The number of para-hydroxylation sites is 1. The van der Waals surface area contributed by atoms with Crippen LogP contribution in [-0.2, 0) is 31.9 Å². The van der Waals surface area contributed by atoms with Gasteiger partial charge in [0.2, 0.25) is 5.88 Å². The molecule has 0 unspecified atom stereocenters. The summed E-state index contributed by atoms with van der Waals surface area (Å²) in [6.07, 6.45) is 1.69. The van der Waals surface area contributed by atoms with E-state index in [2.05, 4.69) is 64.7 Å². The fourth-order valence-electron chi connectivity index (χ4n) is 4.41. The molecule has 0 aliphatic rings. The molecule has 1 N–H and O–H groups in total. The molecule has 2 aromatic heterocycles. The standard InChI is InChI=1S/C32H32N3O2.Pt/c1-31(2,3)21-18-25(30(36)26(19-21)32(4,5)6)29-24-14-7-8-15-27(24)35(34-29)22-12-11-13-23(20-22)37-28-16-9-10-17-33-28;/h7-19,36H,1-6H3;/q-1;. The fraction of sp³-hybridized carbons (Fsp3) is 0.250. The average molecular weight is 686 g/mol. The number of benzene rings is 3. The Balaban J connectivity index is 0.00000336. The Hall–Kier alpha value is -3.43. The second-order valence-electron chi connectivity index (χ2n) is 11.4. The largest absolute Gasteiger partial charge is 0.507 e. The first-order valence-corrected chi connectivity index (χ1v) is 12.5. The van der Waals surface area contributed by atoms with E-state index < -0.39 is 0 Å². The summed E-state index contributed by atoms with van der Waals surface area (Å²) in [5.74, 6) is 1.32. The molecule has 0 aliphatic carbocycles. The Kier molecular flexibility index (Phi) is 7.54. The Morgan fingerprint density at radius 1 is 0.842 bits per heavy atom. The first kappa shape index (κ1) is 27.6. The molecule has 0 aliphatic heterocycles. The number of nitrogens with zero attached hydrogens (tertiary/aromatic N) is 3. The maximum atomic E-state index is 11.5. The second kappa shape index (κ2) is 10.4. The normalized spacial score (nSPS) is 11.8. The molecule has 2 heterocycles. The molecular formula is C32H32N3O2Pt-. The predicted molar refractivity (Wildman–Crippen MR) is 149 cm³/mol. The summed E-state index contributed by atoms with van der Waals surface area (Å²) >= 11 is 0. The van der Waals surface area contributed by atoms with Crippen LogP contribution in [0.5, 0.6) is 17.4 Å². The van der Waals surface area contributed by atoms with Gasteiger partial charge in [-0.15, -0.1) is 18.2 Å². The van der Waals surface area contributed by atoms with Gasteiger partial charge in [-0.05, 0) is 40.3 Å². The molecule has 6 heteroatoms. The molecule has 5 aromatic rings. The van der Waals surface area contributed by atoms with Crippen molar-refractivity contribution in [2.24, 2.45) is 0 Å². The Labute approximate surface area is 238 Å². The SMILES string of the molecule is CC(C)(C)c1cc(-c2nn(-c3[c-]c(Oc4ccccn4)ccc3)c3ccccc23)c(O)c(C(C)(C)C)c1.[Pt]. The van der Waals surface area contributed by atoms with Gasteiger partial charge in [0.1, 0.15) is 11.4 Å². The third-order valence-corrected chi connectivity index (χ3v) is 6.46. The maximum absolute atomic E-state index is 11.5. The third kappa shape index (κ3) is 5.39. The zero-order valence-electron chi connectivity index (χ0n) is 22.5. The molecular weight excluding hydrogens is 653 g/mol. The third-order valence-electron chi connectivity index (χ3n) is 6.46. The van der Waals surface area contributed by atoms with E-state index in [0.29, 0.717) is 11.6 Å². The van der Waals surface area contributed by atoms with Gasteiger partial charge in [0.05, 0.1) is 5.52 Å². The molecule has 0 amide bonds. The predicted octanol–water partition coefficient (Wildman–Crippen LogP) is 7.98. The number of ether oxygens (including phenoxy) is 1. The van der Waals surface area contributed by atoms with Crippen molar-refractivity contribution >= 4 is 10.9 Å². The molecule has 0 saturated carbocycles. The number of phenols is 1. The number of hydrogen-bond acceptors (Lipinski definition) is 4. The van der Waals surface area contributed by atoms with Crippen molar-refractivity contribution < 1.29 is 30.9 Å². The fourth-order valence-corrected chi connectivity index (χ4v) is 4.41. The zero-order chi connectivity index (χ0) is 26.4. The van der Waals surface area contributed by atoms with Crippen LogP contribution in [0.25, 0.3) is 27.8 Å². The van der Waals surface area contributed by atoms with Gasteiger partial charge in [0.25, 0.3) is 0 Å². The number of phenolic OH excluding ortho intramolecular Hbond substituents is 1. The van der Waals surface area contributed by atoms with Crippen LogP contribution in [0, 0.1) is 6.07 Å². The van der Waals surface area contributed by atoms with E-state index in [-0.39, 0.29) is 37.6 Å². The minimum atomic E-state index is -0.233. The van der Waals surface area contributed by atoms with E-state index in [1.54, 1.807) is 12.3 Å². The Bertz CT molecular complexity index is 1580. The molecule has 198 valence electrons. The maximum Gasteiger partial charge on any atom is 0.216 e. The van der Waals surface area contributed by atoms with Gasteiger partial charge in [0, 0.05) is 55.6 Å². The number of pyridine rings is 1. The first-order chi connectivity index (χ1) is 17.5. The number of rotatable bonds is 4. The first-order valence-electron chi connectivity index (χ1n) is 12.5. The van der Waals surface area contributed by atoms with Crippen LogP contribution in [0.4, 0.5) is 0 Å². The van der Waals surface area contributed by atoms with E-state index >= 15 is 0 Å². The molecule has 0 fully saturated rings. The topological polar surface area (TPSA) is 60.2 Å². The molecule has 0 atom stereocenters. The van der Waals surface area contributed by atoms with E-state index in [9.17, 15) is 5.11 Å². The van der Waals surface area contributed by atoms with Gasteiger partial charge < -0.3 is 9.84 Å². The van der Waals surface area contributed by atoms with Crippen LogP contribution in [0.3, 0.4) is 0 Å². The van der Waals surface area contributed by atoms with Crippen molar-refractivity contribution in [3.8, 4) is 34.3 Å². The number of aromatic nitrogens is 3. The van der Waals surface area contributed by atoms with Gasteiger partial charge in [-0.25, -0.2) is 4.98 Å². The zero-order valence-corrected chi connectivity index (χ0v) is 24.8. The van der Waals surface area contributed by atoms with Crippen molar-refractivity contribution in [2.45, 2.75) is 52.4 Å². The van der Waals surface area contributed by atoms with Gasteiger partial charge >= 0.3 is 0 Å². The van der Waals surface area contributed by atoms with E-state index in [1.165, 1.54) is 0 Å². The smallest absolute Gasteiger partial charge is 0.216 e. The molecule has 5 nitrogen and oxygen atoms in total. The van der Waals surface area contributed by atoms with Crippen LogP contribution in [0.2, 0.25) is 0 Å². The number of fused-ring (bicyclic) bond motifs is 1. The summed E-state index contributed by atoms with van der Waals surface area (Å²) in [5.41, 5.74) is 4.85. The van der Waals surface area contributed by atoms with Crippen molar-refractivity contribution in [1.29, 1.82) is 0 Å². The molecule has 0 radical (unpaired) electrons. The summed E-state index contributed by atoms with van der Waals surface area (Å²) in [4.78, 5) is 4.24. The van der Waals surface area contributed by atoms with Gasteiger partial charge in [-0.1, -0.05) is 71.9 Å². The molecule has 0 spiro atoms. The number of aromatic hydroxyl groups is 1. The van der Waals surface area contributed by atoms with Crippen molar-refractivity contribution in [2.75, 3.05) is 0 Å². The summed E-state index contributed by atoms with van der Waals surface area (Å²) < 4.78 is 7.78. The molecule has 5 rings (SSSR count). The molecule has 0 bridgehead atoms. The van der Waals surface area contributed by atoms with Crippen molar-refractivity contribution in [1.82, 2.24) is 14.8 Å². The van der Waals surface area contributed by atoms with Gasteiger partial charge in [0.15, 0.2) is 0 Å². The Morgan fingerprint density at radius 3 is 2.26 bits per heavy atom. The quantitative estimate of drug-likeness (QED) is 0.195. The van der Waals surface area contributed by atoms with Crippen LogP contribution < -0.4 is 4.74 Å². The monoisotopic (exact) mass is 685 g/mol. The summed E-state index contributed by atoms with van der Waals surface area (Å²) in [6, 6.07) is 26.8. The molecule has 3 aromatic carbocycles. The molecule has 38 heavy (non-hydrogen) atoms. The van der Waals surface area contributed by atoms with Crippen LogP contribution in [-0.4, -0.2) is 19.9 Å². The summed E-state index contributed by atoms with van der Waals surface area (Å²) in [6.45, 7) is 12.9. The molecule has 0 saturated heterocycles. The van der Waals surface area contributed by atoms with Crippen LogP contribution in [0.1, 0.15) is 52.7 Å².